The average molecular weight is 593 g/mol. The van der Waals surface area contributed by atoms with Gasteiger partial charge in [-0.25, -0.2) is 9.79 Å². The number of rotatable bonds is 7. The Kier molecular flexibility index (Phi) is 7.47. The number of nitro benzene ring substituents is 1. The minimum Gasteiger partial charge on any atom is -0.463 e. The standard InChI is InChI=1S/C32H26N5O5S/c1-3-42-31(39)27-20(2)33-32-36(29(27)22-13-10-16-25(17-22)37(40)41)30(38)26(43-32)18-23-19-35(24-14-8-5-9-15-24)34-28(23)21-11-6-4-7-12-21/h4-19,23,29H,3H2,1-2H3/q+1/b26-18-. The third-order valence-electron chi connectivity index (χ3n) is 7.17. The average Bonchev–Trinajstić information content (AvgIpc) is 3.58. The molecule has 11 heteroatoms. The number of allylic oxidation sites excluding steroid dienone is 1. The molecule has 2 aliphatic rings. The number of esters is 1. The van der Waals surface area contributed by atoms with Crippen LogP contribution in [0.15, 0.2) is 111 Å². The maximum atomic E-state index is 14.1. The second-order valence-electron chi connectivity index (χ2n) is 9.88. The van der Waals surface area contributed by atoms with Crippen molar-refractivity contribution in [2.75, 3.05) is 6.61 Å². The Morgan fingerprint density at radius 3 is 2.51 bits per heavy atom. The topological polar surface area (TPSA) is 119 Å². The normalized spacial score (nSPS) is 18.0. The Morgan fingerprint density at radius 2 is 1.81 bits per heavy atom. The molecule has 3 heterocycles. The molecular weight excluding hydrogens is 566 g/mol. The lowest BCUT2D eigenvalue weighted by atomic mass is 9.95. The molecule has 6 rings (SSSR count). The van der Waals surface area contributed by atoms with Crippen molar-refractivity contribution in [1.82, 2.24) is 4.57 Å². The molecule has 0 amide bonds. The van der Waals surface area contributed by atoms with Crippen molar-refractivity contribution in [3.8, 4) is 0 Å². The summed E-state index contributed by atoms with van der Waals surface area (Å²) in [6, 6.07) is 24.5. The number of ether oxygens (including phenoxy) is 1. The summed E-state index contributed by atoms with van der Waals surface area (Å²) >= 11 is 1.20. The maximum Gasteiger partial charge on any atom is 0.338 e. The highest BCUT2D eigenvalue weighted by Crippen LogP contribution is 2.32. The molecule has 0 saturated carbocycles. The van der Waals surface area contributed by atoms with Crippen molar-refractivity contribution in [3.63, 3.8) is 0 Å². The first-order valence-corrected chi connectivity index (χ1v) is 14.4. The first-order valence-electron chi connectivity index (χ1n) is 13.6. The van der Waals surface area contributed by atoms with Crippen LogP contribution in [-0.2, 0) is 9.53 Å². The summed E-state index contributed by atoms with van der Waals surface area (Å²) in [5.74, 6) is -0.971. The van der Waals surface area contributed by atoms with Gasteiger partial charge in [-0.05, 0) is 25.5 Å². The summed E-state index contributed by atoms with van der Waals surface area (Å²) in [4.78, 5) is 43.4. The summed E-state index contributed by atoms with van der Waals surface area (Å²) < 4.78 is 8.97. The van der Waals surface area contributed by atoms with Crippen LogP contribution < -0.4 is 14.9 Å². The number of carbonyl (C=O) groups excluding carboxylic acids is 1. The Morgan fingerprint density at radius 1 is 1.09 bits per heavy atom. The summed E-state index contributed by atoms with van der Waals surface area (Å²) in [7, 11) is 0. The van der Waals surface area contributed by atoms with Gasteiger partial charge in [0.05, 0.1) is 33.4 Å². The smallest absolute Gasteiger partial charge is 0.338 e. The van der Waals surface area contributed by atoms with Gasteiger partial charge in [-0.3, -0.25) is 19.5 Å². The van der Waals surface area contributed by atoms with Gasteiger partial charge in [-0.15, -0.1) is 0 Å². The fourth-order valence-corrected chi connectivity index (χ4v) is 6.30. The van der Waals surface area contributed by atoms with Crippen molar-refractivity contribution in [2.24, 2.45) is 16.0 Å². The van der Waals surface area contributed by atoms with E-state index in [1.807, 2.05) is 73.0 Å². The lowest BCUT2D eigenvalue weighted by molar-refractivity contribution is -0.437. The monoisotopic (exact) mass is 592 g/mol. The maximum absolute atomic E-state index is 14.1. The number of benzene rings is 3. The Bertz CT molecular complexity index is 2030. The lowest BCUT2D eigenvalue weighted by Gasteiger charge is -2.24. The van der Waals surface area contributed by atoms with Gasteiger partial charge in [0.1, 0.15) is 11.6 Å². The molecule has 0 N–H and O–H groups in total. The first-order chi connectivity index (χ1) is 20.9. The third kappa shape index (κ3) is 5.26. The van der Waals surface area contributed by atoms with Gasteiger partial charge in [0.2, 0.25) is 5.69 Å². The number of para-hydroxylation sites is 1. The predicted molar refractivity (Wildman–Crippen MR) is 163 cm³/mol. The minimum absolute atomic E-state index is 0.124. The van der Waals surface area contributed by atoms with E-state index in [2.05, 4.69) is 4.99 Å². The van der Waals surface area contributed by atoms with E-state index in [1.54, 1.807) is 24.6 Å². The second-order valence-corrected chi connectivity index (χ2v) is 10.9. The number of carbonyl (C=O) groups is 1. The number of nitrogens with zero attached hydrogens (tertiary/aromatic N) is 5. The van der Waals surface area contributed by atoms with E-state index in [1.165, 1.54) is 34.1 Å². The van der Waals surface area contributed by atoms with E-state index in [-0.39, 0.29) is 29.3 Å². The molecule has 214 valence electrons. The van der Waals surface area contributed by atoms with Crippen molar-refractivity contribution >= 4 is 46.7 Å². The van der Waals surface area contributed by atoms with Gasteiger partial charge in [0, 0.05) is 34.9 Å². The molecule has 0 spiro atoms. The summed E-state index contributed by atoms with van der Waals surface area (Å²) in [6.07, 6.45) is 3.80. The van der Waals surface area contributed by atoms with Gasteiger partial charge in [-0.2, -0.15) is 0 Å². The number of nitro groups is 1. The number of hydrazone groups is 1. The summed E-state index contributed by atoms with van der Waals surface area (Å²) in [5, 5.41) is 16.5. The van der Waals surface area contributed by atoms with E-state index in [0.717, 1.165) is 17.0 Å². The summed E-state index contributed by atoms with van der Waals surface area (Å²) in [6.45, 7) is 3.49. The van der Waals surface area contributed by atoms with Crippen LogP contribution in [0.1, 0.15) is 31.0 Å². The van der Waals surface area contributed by atoms with Crippen LogP contribution in [0.3, 0.4) is 0 Å². The van der Waals surface area contributed by atoms with Crippen molar-refractivity contribution in [1.29, 1.82) is 0 Å². The lowest BCUT2D eigenvalue weighted by Crippen LogP contribution is -2.40. The number of hydrogen-bond acceptors (Lipinski definition) is 8. The number of thiazole rings is 1. The van der Waals surface area contributed by atoms with Gasteiger partial charge in [0.25, 0.3) is 11.2 Å². The Balaban J connectivity index is 1.53. The fourth-order valence-electron chi connectivity index (χ4n) is 5.24. The zero-order valence-electron chi connectivity index (χ0n) is 23.3. The van der Waals surface area contributed by atoms with E-state index < -0.39 is 16.9 Å². The molecule has 2 aliphatic heterocycles. The molecule has 10 nitrogen and oxygen atoms in total. The first kappa shape index (κ1) is 27.9. The van der Waals surface area contributed by atoms with Gasteiger partial charge >= 0.3 is 5.97 Å². The highest BCUT2D eigenvalue weighted by Gasteiger charge is 2.35. The Hall–Kier alpha value is -5.29. The molecule has 0 radical (unpaired) electrons. The van der Waals surface area contributed by atoms with Gasteiger partial charge < -0.3 is 4.74 Å². The van der Waals surface area contributed by atoms with Crippen LogP contribution in [0.4, 0.5) is 11.4 Å². The summed E-state index contributed by atoms with van der Waals surface area (Å²) in [5.41, 5.74) is 3.01. The van der Waals surface area contributed by atoms with Crippen molar-refractivity contribution < 1.29 is 19.1 Å². The van der Waals surface area contributed by atoms with Crippen molar-refractivity contribution in [3.05, 3.63) is 137 Å². The van der Waals surface area contributed by atoms with E-state index in [4.69, 9.17) is 9.84 Å². The van der Waals surface area contributed by atoms with E-state index in [0.29, 0.717) is 20.6 Å². The van der Waals surface area contributed by atoms with Crippen LogP contribution in [0, 0.1) is 16.0 Å². The molecule has 1 aromatic heterocycles. The Labute approximate surface area is 249 Å². The number of hydrogen-bond donors (Lipinski definition) is 0. The SMILES string of the molecule is CCOC(=O)C1=C(C)N=c2s/c(=C\C3C=[N+](c4ccccc4)N=C3c3ccccc3)c(=O)n2C1c1cccc([N+](=O)[O-])c1. The van der Waals surface area contributed by atoms with Gasteiger partial charge in [-0.1, -0.05) is 76.7 Å². The zero-order valence-corrected chi connectivity index (χ0v) is 24.1. The number of fused-ring (bicyclic) bond motifs is 1. The van der Waals surface area contributed by atoms with Crippen LogP contribution in [0.2, 0.25) is 0 Å². The molecule has 0 saturated heterocycles. The highest BCUT2D eigenvalue weighted by molar-refractivity contribution is 7.07. The molecule has 0 bridgehead atoms. The molecule has 2 atom stereocenters. The molecule has 0 aliphatic carbocycles. The van der Waals surface area contributed by atoms with Crippen LogP contribution in [0.25, 0.3) is 6.08 Å². The molecule has 2 unspecified atom stereocenters. The van der Waals surface area contributed by atoms with Crippen LogP contribution in [0.5, 0.6) is 0 Å². The third-order valence-corrected chi connectivity index (χ3v) is 8.17. The van der Waals surface area contributed by atoms with E-state index >= 15 is 0 Å². The van der Waals surface area contributed by atoms with Gasteiger partial charge in [0.15, 0.2) is 11.0 Å². The predicted octanol–water partition coefficient (Wildman–Crippen LogP) is 4.11. The quantitative estimate of drug-likeness (QED) is 0.139. The molecule has 0 fully saturated rings. The molecule has 43 heavy (non-hydrogen) atoms. The zero-order chi connectivity index (χ0) is 30.1. The molecule has 4 aromatic rings. The minimum atomic E-state index is -0.951. The van der Waals surface area contributed by atoms with E-state index in [9.17, 15) is 19.7 Å². The van der Waals surface area contributed by atoms with Crippen LogP contribution >= 0.6 is 11.3 Å². The number of non-ortho nitro benzene ring substituents is 1. The molecular formula is C32H26N5O5S+. The second kappa shape index (κ2) is 11.5. The largest absolute Gasteiger partial charge is 0.463 e. The molecule has 3 aromatic carbocycles. The highest BCUT2D eigenvalue weighted by atomic mass is 32.1. The number of aromatic nitrogens is 1. The van der Waals surface area contributed by atoms with Crippen molar-refractivity contribution in [2.45, 2.75) is 19.9 Å². The fraction of sp³-hybridized carbons (Fsp3) is 0.156. The van der Waals surface area contributed by atoms with Crippen LogP contribution in [-0.4, -0.2) is 38.7 Å².